The van der Waals surface area contributed by atoms with Gasteiger partial charge in [-0.05, 0) is 18.2 Å². The number of ether oxygens (including phenoxy) is 1. The Morgan fingerprint density at radius 3 is 2.77 bits per heavy atom. The number of aromatic nitrogens is 2. The normalized spacial score (nSPS) is 9.23. The van der Waals surface area contributed by atoms with Crippen LogP contribution in [0.5, 0.6) is 0 Å². The first-order valence-electron chi connectivity index (χ1n) is 6.04. The first kappa shape index (κ1) is 14.8. The van der Waals surface area contributed by atoms with Crippen LogP contribution in [-0.4, -0.2) is 28.3 Å². The second-order valence-electron chi connectivity index (χ2n) is 3.99. The molecule has 2 rings (SSSR count). The number of carbonyl (C=O) groups excluding carboxylic acids is 1. The summed E-state index contributed by atoms with van der Waals surface area (Å²) in [6.07, 6.45) is 4.94. The summed E-state index contributed by atoms with van der Waals surface area (Å²) >= 11 is 0. The van der Waals surface area contributed by atoms with Gasteiger partial charge in [-0.15, -0.1) is 0 Å². The van der Waals surface area contributed by atoms with Crippen molar-refractivity contribution in [3.8, 4) is 17.8 Å². The average molecular weight is 294 g/mol. The Labute approximate surface area is 125 Å². The number of benzene rings is 1. The van der Waals surface area contributed by atoms with E-state index in [9.17, 15) is 4.79 Å². The summed E-state index contributed by atoms with van der Waals surface area (Å²) in [5.41, 5.74) is 3.44. The molecule has 0 fully saturated rings. The molecule has 1 aromatic heterocycles. The average Bonchev–Trinajstić information content (AvgIpc) is 3.09. The second-order valence-corrected chi connectivity index (χ2v) is 3.99. The van der Waals surface area contributed by atoms with E-state index in [4.69, 9.17) is 15.3 Å². The van der Waals surface area contributed by atoms with Gasteiger partial charge in [-0.3, -0.25) is 5.43 Å². The molecule has 1 N–H and O–H groups in total. The summed E-state index contributed by atoms with van der Waals surface area (Å²) in [5.74, 6) is -0.564. The Kier molecular flexibility index (Phi) is 4.48. The Balaban J connectivity index is 2.45. The molecule has 0 saturated heterocycles. The zero-order chi connectivity index (χ0) is 15.9. The van der Waals surface area contributed by atoms with Crippen LogP contribution < -0.4 is 5.43 Å². The van der Waals surface area contributed by atoms with Gasteiger partial charge in [-0.2, -0.15) is 15.6 Å². The van der Waals surface area contributed by atoms with Crippen LogP contribution in [0.25, 0.3) is 5.69 Å². The molecule has 8 heteroatoms. The van der Waals surface area contributed by atoms with Gasteiger partial charge in [-0.25, -0.2) is 9.78 Å². The van der Waals surface area contributed by atoms with Gasteiger partial charge >= 0.3 is 5.97 Å². The first-order valence-corrected chi connectivity index (χ1v) is 6.04. The third-order valence-electron chi connectivity index (χ3n) is 2.71. The number of hydrogen-bond acceptors (Lipinski definition) is 7. The molecule has 0 unspecified atom stereocenters. The van der Waals surface area contributed by atoms with Crippen molar-refractivity contribution in [2.75, 3.05) is 12.5 Å². The molecule has 1 heterocycles. The largest absolute Gasteiger partial charge is 0.465 e. The Hall–Kier alpha value is -3.65. The van der Waals surface area contributed by atoms with Gasteiger partial charge in [0.2, 0.25) is 5.71 Å². The number of nitrogens with zero attached hydrogens (tertiary/aromatic N) is 5. The van der Waals surface area contributed by atoms with Crippen LogP contribution in [0.15, 0.2) is 42.0 Å². The molecule has 0 aliphatic rings. The SMILES string of the molecule is COC(=O)c1ccc(-n2ccnc2)cc1NN=C(C#N)C#N. The van der Waals surface area contributed by atoms with E-state index in [1.807, 2.05) is 0 Å². The second kappa shape index (κ2) is 6.68. The minimum absolute atomic E-state index is 0.227. The summed E-state index contributed by atoms with van der Waals surface area (Å²) in [5, 5.41) is 21.0. The molecule has 0 aliphatic carbocycles. The van der Waals surface area contributed by atoms with Crippen molar-refractivity contribution in [1.82, 2.24) is 9.55 Å². The lowest BCUT2D eigenvalue weighted by Gasteiger charge is -2.10. The van der Waals surface area contributed by atoms with Crippen LogP contribution in [0.3, 0.4) is 0 Å². The van der Waals surface area contributed by atoms with Gasteiger partial charge in [0.15, 0.2) is 0 Å². The number of nitriles is 2. The van der Waals surface area contributed by atoms with Crippen LogP contribution in [0, 0.1) is 22.7 Å². The standard InChI is InChI=1S/C14H10N6O2/c1-22-14(21)12-3-2-11(20-5-4-17-9-20)6-13(12)19-18-10(7-15)8-16/h2-6,9,19H,1H3. The van der Waals surface area contributed by atoms with E-state index in [1.54, 1.807) is 53.6 Å². The van der Waals surface area contributed by atoms with E-state index in [-0.39, 0.29) is 11.3 Å². The summed E-state index contributed by atoms with van der Waals surface area (Å²) in [6, 6.07) is 8.13. The minimum Gasteiger partial charge on any atom is -0.465 e. The molecule has 1 aromatic carbocycles. The number of rotatable bonds is 4. The molecule has 2 aromatic rings. The van der Waals surface area contributed by atoms with E-state index < -0.39 is 5.97 Å². The molecule has 0 radical (unpaired) electrons. The highest BCUT2D eigenvalue weighted by Crippen LogP contribution is 2.21. The number of carbonyl (C=O) groups is 1. The van der Waals surface area contributed by atoms with Crippen molar-refractivity contribution >= 4 is 17.4 Å². The lowest BCUT2D eigenvalue weighted by atomic mass is 10.1. The van der Waals surface area contributed by atoms with Gasteiger partial charge in [0.05, 0.1) is 24.7 Å². The summed E-state index contributed by atoms with van der Waals surface area (Å²) < 4.78 is 6.42. The fourth-order valence-corrected chi connectivity index (χ4v) is 1.68. The summed E-state index contributed by atoms with van der Waals surface area (Å²) in [7, 11) is 1.26. The van der Waals surface area contributed by atoms with Crippen molar-refractivity contribution in [2.24, 2.45) is 5.10 Å². The summed E-state index contributed by atoms with van der Waals surface area (Å²) in [6.45, 7) is 0. The maximum atomic E-state index is 11.8. The molecule has 108 valence electrons. The molecular weight excluding hydrogens is 284 g/mol. The minimum atomic E-state index is -0.564. The quantitative estimate of drug-likeness (QED) is 0.518. The highest BCUT2D eigenvalue weighted by molar-refractivity contribution is 6.10. The predicted octanol–water partition coefficient (Wildman–Crippen LogP) is 1.47. The molecular formula is C14H10N6O2. The lowest BCUT2D eigenvalue weighted by Crippen LogP contribution is -2.07. The Bertz CT molecular complexity index is 780. The zero-order valence-electron chi connectivity index (χ0n) is 11.5. The molecule has 0 spiro atoms. The van der Waals surface area contributed by atoms with Gasteiger partial charge < -0.3 is 9.30 Å². The van der Waals surface area contributed by atoms with Crippen LogP contribution in [0.4, 0.5) is 5.69 Å². The summed E-state index contributed by atoms with van der Waals surface area (Å²) in [4.78, 5) is 15.7. The number of methoxy groups -OCH3 is 1. The van der Waals surface area contributed by atoms with E-state index in [0.29, 0.717) is 5.69 Å². The Morgan fingerprint density at radius 2 is 2.18 bits per heavy atom. The van der Waals surface area contributed by atoms with Crippen molar-refractivity contribution in [2.45, 2.75) is 0 Å². The molecule has 8 nitrogen and oxygen atoms in total. The fourth-order valence-electron chi connectivity index (χ4n) is 1.68. The van der Waals surface area contributed by atoms with E-state index in [2.05, 4.69) is 15.5 Å². The van der Waals surface area contributed by atoms with E-state index >= 15 is 0 Å². The highest BCUT2D eigenvalue weighted by Gasteiger charge is 2.13. The number of esters is 1. The number of nitrogens with one attached hydrogen (secondary N) is 1. The maximum absolute atomic E-state index is 11.8. The van der Waals surface area contributed by atoms with Crippen molar-refractivity contribution in [3.63, 3.8) is 0 Å². The smallest absolute Gasteiger partial charge is 0.340 e. The third-order valence-corrected chi connectivity index (χ3v) is 2.71. The van der Waals surface area contributed by atoms with Gasteiger partial charge in [-0.1, -0.05) is 0 Å². The number of anilines is 1. The molecule has 0 saturated carbocycles. The number of hydrogen-bond donors (Lipinski definition) is 1. The molecule has 0 atom stereocenters. The van der Waals surface area contributed by atoms with Crippen LogP contribution in [-0.2, 0) is 4.74 Å². The number of imidazole rings is 1. The number of hydrazone groups is 1. The lowest BCUT2D eigenvalue weighted by molar-refractivity contribution is 0.0602. The molecule has 0 amide bonds. The van der Waals surface area contributed by atoms with Crippen molar-refractivity contribution < 1.29 is 9.53 Å². The third kappa shape index (κ3) is 3.08. The molecule has 0 bridgehead atoms. The van der Waals surface area contributed by atoms with Crippen LogP contribution >= 0.6 is 0 Å². The van der Waals surface area contributed by atoms with Gasteiger partial charge in [0.1, 0.15) is 12.1 Å². The van der Waals surface area contributed by atoms with Gasteiger partial charge in [0, 0.05) is 18.1 Å². The fraction of sp³-hybridized carbons (Fsp3) is 0.0714. The van der Waals surface area contributed by atoms with Gasteiger partial charge in [0.25, 0.3) is 0 Å². The van der Waals surface area contributed by atoms with Crippen molar-refractivity contribution in [1.29, 1.82) is 10.5 Å². The first-order chi connectivity index (χ1) is 10.7. The highest BCUT2D eigenvalue weighted by atomic mass is 16.5. The molecule has 0 aliphatic heterocycles. The zero-order valence-corrected chi connectivity index (χ0v) is 11.5. The Morgan fingerprint density at radius 1 is 1.41 bits per heavy atom. The van der Waals surface area contributed by atoms with E-state index in [1.165, 1.54) is 7.11 Å². The monoisotopic (exact) mass is 294 g/mol. The van der Waals surface area contributed by atoms with Crippen LogP contribution in [0.1, 0.15) is 10.4 Å². The molecule has 22 heavy (non-hydrogen) atoms. The topological polar surface area (TPSA) is 116 Å². The predicted molar refractivity (Wildman–Crippen MR) is 77.2 cm³/mol. The van der Waals surface area contributed by atoms with Crippen molar-refractivity contribution in [3.05, 3.63) is 42.5 Å². The van der Waals surface area contributed by atoms with E-state index in [0.717, 1.165) is 5.69 Å². The maximum Gasteiger partial charge on any atom is 0.340 e. The van der Waals surface area contributed by atoms with Crippen LogP contribution in [0.2, 0.25) is 0 Å².